The summed E-state index contributed by atoms with van der Waals surface area (Å²) in [5, 5.41) is 0.447. The number of hydrogen-bond acceptors (Lipinski definition) is 8. The Balaban J connectivity index is 1.74. The lowest BCUT2D eigenvalue weighted by atomic mass is 10.2. The lowest BCUT2D eigenvalue weighted by Crippen LogP contribution is -2.38. The number of amides is 1. The number of rotatable bonds is 6. The van der Waals surface area contributed by atoms with Crippen LogP contribution in [0, 0.1) is 5.82 Å². The molecule has 1 aromatic carbocycles. The zero-order valence-corrected chi connectivity index (χ0v) is 16.7. The molecular weight excluding hydrogens is 399 g/mol. The number of methoxy groups -OCH3 is 2. The number of fused-ring (bicyclic) bond motifs is 1. The first-order valence-corrected chi connectivity index (χ1v) is 9.85. The number of anilines is 1. The first kappa shape index (κ1) is 19.5. The highest BCUT2D eigenvalue weighted by Gasteiger charge is 2.28. The molecule has 4 rings (SSSR count). The first-order chi connectivity index (χ1) is 14.1. The minimum Gasteiger partial charge on any atom is -0.481 e. The van der Waals surface area contributed by atoms with Crippen molar-refractivity contribution in [2.45, 2.75) is 18.9 Å². The van der Waals surface area contributed by atoms with Gasteiger partial charge in [-0.2, -0.15) is 9.97 Å². The summed E-state index contributed by atoms with van der Waals surface area (Å²) in [5.74, 6) is -0.530. The van der Waals surface area contributed by atoms with Crippen molar-refractivity contribution in [1.82, 2.24) is 15.0 Å². The van der Waals surface area contributed by atoms with Gasteiger partial charge in [-0.15, -0.1) is 0 Å². The number of halogens is 1. The fourth-order valence-corrected chi connectivity index (χ4v) is 4.09. The summed E-state index contributed by atoms with van der Waals surface area (Å²) < 4.78 is 30.2. The fraction of sp³-hybridized carbons (Fsp3) is 0.368. The maximum Gasteiger partial charge on any atom is 0.320 e. The van der Waals surface area contributed by atoms with Gasteiger partial charge in [-0.05, 0) is 31.0 Å². The van der Waals surface area contributed by atoms with E-state index in [1.54, 1.807) is 6.07 Å². The van der Waals surface area contributed by atoms with E-state index in [0.717, 1.165) is 12.8 Å². The number of nitrogens with zero attached hydrogens (tertiary/aromatic N) is 4. The Hall–Kier alpha value is -2.85. The summed E-state index contributed by atoms with van der Waals surface area (Å²) in [4.78, 5) is 27.6. The fourth-order valence-electron chi connectivity index (χ4n) is 3.09. The second kappa shape index (κ2) is 8.26. The van der Waals surface area contributed by atoms with E-state index in [0.29, 0.717) is 28.5 Å². The van der Waals surface area contributed by atoms with Crippen LogP contribution in [-0.4, -0.2) is 54.3 Å². The van der Waals surface area contributed by atoms with Crippen molar-refractivity contribution >= 4 is 32.6 Å². The van der Waals surface area contributed by atoms with E-state index >= 15 is 0 Å². The molecule has 1 atom stereocenters. The predicted octanol–water partition coefficient (Wildman–Crippen LogP) is 3.07. The molecule has 3 heterocycles. The molecule has 1 fully saturated rings. The third kappa shape index (κ3) is 4.13. The summed E-state index contributed by atoms with van der Waals surface area (Å²) in [6, 6.07) is 5.81. The molecular formula is C19H19FN4O4S. The molecule has 2 aromatic heterocycles. The summed E-state index contributed by atoms with van der Waals surface area (Å²) in [6.45, 7) is 0.975. The Morgan fingerprint density at radius 1 is 1.28 bits per heavy atom. The molecule has 0 spiro atoms. The highest BCUT2D eigenvalue weighted by atomic mass is 32.1. The predicted molar refractivity (Wildman–Crippen MR) is 105 cm³/mol. The highest BCUT2D eigenvalue weighted by molar-refractivity contribution is 7.22. The lowest BCUT2D eigenvalue weighted by molar-refractivity contribution is 0.0912. The Kier molecular flexibility index (Phi) is 5.54. The second-order valence-electron chi connectivity index (χ2n) is 6.44. The topological polar surface area (TPSA) is 86.7 Å². The lowest BCUT2D eigenvalue weighted by Gasteiger charge is -2.22. The van der Waals surface area contributed by atoms with Crippen LogP contribution in [0.2, 0.25) is 0 Å². The van der Waals surface area contributed by atoms with E-state index in [2.05, 4.69) is 15.0 Å². The van der Waals surface area contributed by atoms with Crippen LogP contribution in [0.4, 0.5) is 9.52 Å². The van der Waals surface area contributed by atoms with Gasteiger partial charge < -0.3 is 14.2 Å². The van der Waals surface area contributed by atoms with Gasteiger partial charge in [0.15, 0.2) is 5.13 Å². The summed E-state index contributed by atoms with van der Waals surface area (Å²) in [7, 11) is 2.86. The van der Waals surface area contributed by atoms with Gasteiger partial charge in [-0.1, -0.05) is 11.3 Å². The van der Waals surface area contributed by atoms with Crippen LogP contribution in [0.25, 0.3) is 10.2 Å². The number of hydrogen-bond donors (Lipinski definition) is 0. The number of ether oxygens (including phenoxy) is 3. The standard InChI is InChI=1S/C19H19FN4O4S/c1-26-16-9-14(21-18(23-16)27-2)17(25)24(10-12-4-3-7-28-12)19-22-13-6-5-11(20)8-15(13)29-19/h5-6,8-9,12H,3-4,7,10H2,1-2H3. The quantitative estimate of drug-likeness (QED) is 0.608. The Morgan fingerprint density at radius 2 is 2.14 bits per heavy atom. The van der Waals surface area contributed by atoms with Gasteiger partial charge in [0, 0.05) is 12.7 Å². The third-order valence-corrected chi connectivity index (χ3v) is 5.56. The van der Waals surface area contributed by atoms with Gasteiger partial charge in [0.1, 0.15) is 11.5 Å². The maximum absolute atomic E-state index is 13.6. The molecule has 1 unspecified atom stereocenters. The van der Waals surface area contributed by atoms with Crippen LogP contribution in [-0.2, 0) is 4.74 Å². The first-order valence-electron chi connectivity index (χ1n) is 9.04. The number of carbonyl (C=O) groups excluding carboxylic acids is 1. The van der Waals surface area contributed by atoms with Crippen LogP contribution in [0.5, 0.6) is 11.9 Å². The van der Waals surface area contributed by atoms with Crippen molar-refractivity contribution in [3.05, 3.63) is 35.8 Å². The normalized spacial score (nSPS) is 16.2. The molecule has 1 aliphatic rings. The number of benzene rings is 1. The highest BCUT2D eigenvalue weighted by Crippen LogP contribution is 2.31. The molecule has 0 aliphatic carbocycles. The molecule has 0 saturated carbocycles. The average Bonchev–Trinajstić information content (AvgIpc) is 3.40. The molecule has 152 valence electrons. The molecule has 1 saturated heterocycles. The number of thiazole rings is 1. The smallest absolute Gasteiger partial charge is 0.320 e. The molecule has 10 heteroatoms. The minimum absolute atomic E-state index is 0.0242. The van der Waals surface area contributed by atoms with Gasteiger partial charge in [-0.3, -0.25) is 9.69 Å². The Bertz CT molecular complexity index is 1020. The van der Waals surface area contributed by atoms with Crippen molar-refractivity contribution < 1.29 is 23.4 Å². The zero-order valence-electron chi connectivity index (χ0n) is 15.9. The van der Waals surface area contributed by atoms with E-state index in [9.17, 15) is 9.18 Å². The zero-order chi connectivity index (χ0) is 20.4. The van der Waals surface area contributed by atoms with Crippen molar-refractivity contribution in [1.29, 1.82) is 0 Å². The largest absolute Gasteiger partial charge is 0.481 e. The van der Waals surface area contributed by atoms with Gasteiger partial charge in [0.2, 0.25) is 5.88 Å². The third-order valence-electron chi connectivity index (χ3n) is 4.52. The van der Waals surface area contributed by atoms with Crippen LogP contribution in [0.1, 0.15) is 23.3 Å². The second-order valence-corrected chi connectivity index (χ2v) is 7.45. The molecule has 1 amide bonds. The SMILES string of the molecule is COc1cc(C(=O)N(CC2CCCO2)c2nc3ccc(F)cc3s2)nc(OC)n1. The molecule has 0 radical (unpaired) electrons. The monoisotopic (exact) mass is 418 g/mol. The Morgan fingerprint density at radius 3 is 2.86 bits per heavy atom. The van der Waals surface area contributed by atoms with Crippen molar-refractivity contribution in [2.24, 2.45) is 0 Å². The summed E-state index contributed by atoms with van der Waals surface area (Å²) >= 11 is 1.24. The van der Waals surface area contributed by atoms with E-state index < -0.39 is 0 Å². The van der Waals surface area contributed by atoms with Gasteiger partial charge in [0.05, 0.1) is 37.1 Å². The molecule has 0 bridgehead atoms. The number of aromatic nitrogens is 3. The van der Waals surface area contributed by atoms with Gasteiger partial charge >= 0.3 is 6.01 Å². The van der Waals surface area contributed by atoms with E-state index in [-0.39, 0.29) is 35.4 Å². The van der Waals surface area contributed by atoms with E-state index in [1.807, 2.05) is 0 Å². The van der Waals surface area contributed by atoms with Crippen LogP contribution in [0.15, 0.2) is 24.3 Å². The average molecular weight is 418 g/mol. The molecule has 1 aliphatic heterocycles. The van der Waals surface area contributed by atoms with Crippen molar-refractivity contribution in [3.8, 4) is 11.9 Å². The molecule has 0 N–H and O–H groups in total. The molecule has 29 heavy (non-hydrogen) atoms. The minimum atomic E-state index is -0.390. The van der Waals surface area contributed by atoms with Crippen molar-refractivity contribution in [3.63, 3.8) is 0 Å². The van der Waals surface area contributed by atoms with Gasteiger partial charge in [0.25, 0.3) is 5.91 Å². The van der Waals surface area contributed by atoms with E-state index in [1.165, 1.54) is 48.7 Å². The van der Waals surface area contributed by atoms with Crippen LogP contribution in [0.3, 0.4) is 0 Å². The summed E-state index contributed by atoms with van der Waals surface area (Å²) in [5.41, 5.74) is 0.728. The van der Waals surface area contributed by atoms with Crippen molar-refractivity contribution in [2.75, 3.05) is 32.3 Å². The number of carbonyl (C=O) groups is 1. The van der Waals surface area contributed by atoms with Crippen LogP contribution < -0.4 is 14.4 Å². The summed E-state index contributed by atoms with van der Waals surface area (Å²) in [6.07, 6.45) is 1.68. The van der Waals surface area contributed by atoms with E-state index in [4.69, 9.17) is 14.2 Å². The molecule has 3 aromatic rings. The van der Waals surface area contributed by atoms with Gasteiger partial charge in [-0.25, -0.2) is 9.37 Å². The van der Waals surface area contributed by atoms with Crippen LogP contribution >= 0.6 is 11.3 Å². The molecule has 8 nitrogen and oxygen atoms in total. The Labute approximate surface area is 170 Å². The maximum atomic E-state index is 13.6.